The van der Waals surface area contributed by atoms with Gasteiger partial charge in [-0.15, -0.1) is 0 Å². The van der Waals surface area contributed by atoms with E-state index in [-0.39, 0.29) is 47.9 Å². The fourth-order valence-electron chi connectivity index (χ4n) is 6.17. The Morgan fingerprint density at radius 1 is 1.31 bits per heavy atom. The third-order valence-corrected chi connectivity index (χ3v) is 9.16. The van der Waals surface area contributed by atoms with Gasteiger partial charge in [-0.2, -0.15) is 13.2 Å². The first-order valence-electron chi connectivity index (χ1n) is 16.6. The number of allylic oxidation sites excluding steroid dienone is 2. The fraction of sp³-hybridized carbons (Fsp3) is 0.500. The van der Waals surface area contributed by atoms with Gasteiger partial charge in [0.25, 0.3) is 5.91 Å². The Balaban J connectivity index is 1.78. The highest BCUT2D eigenvalue weighted by atomic mass is 19.4. The number of nitrogens with two attached hydrogens (primary N) is 1. The number of fused-ring (bicyclic) bond motifs is 1. The number of nitrogens with one attached hydrogen (secondary N) is 1. The number of amides is 2. The summed E-state index contributed by atoms with van der Waals surface area (Å²) in [5.41, 5.74) is 8.28. The third kappa shape index (κ3) is 8.19. The van der Waals surface area contributed by atoms with Gasteiger partial charge in [-0.05, 0) is 76.7 Å². The van der Waals surface area contributed by atoms with Crippen molar-refractivity contribution in [1.82, 2.24) is 15.1 Å². The number of hydrogen-bond acceptors (Lipinski definition) is 8. The summed E-state index contributed by atoms with van der Waals surface area (Å²) in [6.45, 7) is 18.0. The second-order valence-electron chi connectivity index (χ2n) is 13.2. The SMILES string of the molecule is C=C(N1C=CN=C(N)/C1=C(\c1ccc(C(=O)NC(/C=C(\C)C(F)(F)F)=NC(C)C)cc1OCC)C(C)CC)C1(C)CCC2COC(=O)N2C1. The van der Waals surface area contributed by atoms with Crippen LogP contribution in [0.4, 0.5) is 18.0 Å². The largest absolute Gasteiger partial charge is 0.493 e. The number of hydrogen-bond donors (Lipinski definition) is 2. The lowest BCUT2D eigenvalue weighted by Gasteiger charge is -2.45. The molecule has 13 heteroatoms. The predicted molar refractivity (Wildman–Crippen MR) is 185 cm³/mol. The number of benzene rings is 1. The van der Waals surface area contributed by atoms with E-state index in [4.69, 9.17) is 15.2 Å². The van der Waals surface area contributed by atoms with Crippen LogP contribution in [0.5, 0.6) is 5.75 Å². The highest BCUT2D eigenvalue weighted by Crippen LogP contribution is 2.45. The standard InChI is InChI=1S/C36H47F3N6O4/c1-9-22(5)30(31-32(40)41-15-16-44(31)24(7)35(8)14-13-26-19-49-34(47)45(26)20-35)27-12-11-25(18-28(27)48-10-2)33(46)43-29(42-21(3)4)17-23(6)36(37,38)39/h11-12,15-18,21-22,26H,7,9-10,13-14,19-20H2,1-6,8H3,(H2,40,41)(H,42,43,46)/b23-17+,31-30+. The summed E-state index contributed by atoms with van der Waals surface area (Å²) >= 11 is 0. The van der Waals surface area contributed by atoms with Crippen molar-refractivity contribution >= 4 is 29.2 Å². The van der Waals surface area contributed by atoms with Gasteiger partial charge < -0.3 is 30.3 Å². The van der Waals surface area contributed by atoms with Crippen LogP contribution in [-0.4, -0.2) is 71.5 Å². The smallest absolute Gasteiger partial charge is 0.412 e. The molecule has 0 bridgehead atoms. The van der Waals surface area contributed by atoms with Gasteiger partial charge in [0.2, 0.25) is 0 Å². The molecule has 2 amide bonds. The molecule has 3 N–H and O–H groups in total. The zero-order valence-electron chi connectivity index (χ0n) is 29.3. The molecule has 4 rings (SSSR count). The maximum Gasteiger partial charge on any atom is 0.412 e. The molecule has 0 aromatic heterocycles. The normalized spacial score (nSPS) is 23.2. The highest BCUT2D eigenvalue weighted by molar-refractivity contribution is 6.11. The Morgan fingerprint density at radius 2 is 2.02 bits per heavy atom. The Kier molecular flexibility index (Phi) is 11.3. The molecule has 3 aliphatic rings. The van der Waals surface area contributed by atoms with Crippen LogP contribution >= 0.6 is 0 Å². The number of carbonyl (C=O) groups is 2. The maximum absolute atomic E-state index is 13.4. The van der Waals surface area contributed by atoms with Gasteiger partial charge in [0.15, 0.2) is 0 Å². The van der Waals surface area contributed by atoms with E-state index >= 15 is 0 Å². The van der Waals surface area contributed by atoms with Crippen LogP contribution in [0.25, 0.3) is 5.57 Å². The van der Waals surface area contributed by atoms with Crippen molar-refractivity contribution in [3.63, 3.8) is 0 Å². The number of alkyl halides is 3. The first-order valence-corrected chi connectivity index (χ1v) is 16.6. The first-order chi connectivity index (χ1) is 23.0. The molecule has 3 unspecified atom stereocenters. The molecular formula is C36H47F3N6O4. The Labute approximate surface area is 286 Å². The van der Waals surface area contributed by atoms with Gasteiger partial charge in [0, 0.05) is 52.8 Å². The van der Waals surface area contributed by atoms with Crippen LogP contribution in [0, 0.1) is 11.3 Å². The summed E-state index contributed by atoms with van der Waals surface area (Å²) in [4.78, 5) is 38.3. The molecule has 0 saturated carbocycles. The number of cyclic esters (lactones) is 1. The van der Waals surface area contributed by atoms with Crippen LogP contribution in [0.3, 0.4) is 0 Å². The van der Waals surface area contributed by atoms with Gasteiger partial charge in [0.05, 0.1) is 18.3 Å². The van der Waals surface area contributed by atoms with Crippen LogP contribution < -0.4 is 15.8 Å². The zero-order valence-corrected chi connectivity index (χ0v) is 29.3. The van der Waals surface area contributed by atoms with E-state index in [1.807, 2.05) is 24.9 Å². The molecule has 10 nitrogen and oxygen atoms in total. The van der Waals surface area contributed by atoms with E-state index < -0.39 is 23.1 Å². The van der Waals surface area contributed by atoms with Crippen molar-refractivity contribution in [2.24, 2.45) is 27.1 Å². The summed E-state index contributed by atoms with van der Waals surface area (Å²) in [5, 5.41) is 2.53. The minimum atomic E-state index is -4.57. The van der Waals surface area contributed by atoms with E-state index in [0.29, 0.717) is 30.2 Å². The lowest BCUT2D eigenvalue weighted by Crippen LogP contribution is -2.49. The van der Waals surface area contributed by atoms with Crippen molar-refractivity contribution in [3.8, 4) is 5.75 Å². The van der Waals surface area contributed by atoms with Crippen molar-refractivity contribution < 1.29 is 32.2 Å². The number of amidine groups is 2. The van der Waals surface area contributed by atoms with Crippen LogP contribution in [-0.2, 0) is 4.74 Å². The van der Waals surface area contributed by atoms with E-state index in [1.165, 1.54) is 0 Å². The van der Waals surface area contributed by atoms with Crippen molar-refractivity contribution in [1.29, 1.82) is 0 Å². The molecule has 3 atom stereocenters. The lowest BCUT2D eigenvalue weighted by molar-refractivity contribution is -0.0912. The molecule has 49 heavy (non-hydrogen) atoms. The summed E-state index contributed by atoms with van der Waals surface area (Å²) in [6, 6.07) is 4.59. The van der Waals surface area contributed by atoms with Gasteiger partial charge in [-0.25, -0.2) is 9.79 Å². The number of nitrogens with zero attached hydrogens (tertiary/aromatic N) is 4. The molecule has 3 heterocycles. The number of ether oxygens (including phenoxy) is 2. The average Bonchev–Trinajstić information content (AvgIpc) is 3.40. The number of carbonyl (C=O) groups excluding carboxylic acids is 2. The number of piperidine rings is 1. The summed E-state index contributed by atoms with van der Waals surface area (Å²) in [7, 11) is 0. The minimum Gasteiger partial charge on any atom is -0.493 e. The van der Waals surface area contributed by atoms with Crippen molar-refractivity contribution in [2.45, 2.75) is 86.0 Å². The molecule has 266 valence electrons. The second kappa shape index (κ2) is 14.9. The molecule has 0 spiro atoms. The molecular weight excluding hydrogens is 637 g/mol. The quantitative estimate of drug-likeness (QED) is 0.199. The molecule has 2 saturated heterocycles. The average molecular weight is 685 g/mol. The maximum atomic E-state index is 13.4. The minimum absolute atomic E-state index is 0.0458. The van der Waals surface area contributed by atoms with E-state index in [9.17, 15) is 22.8 Å². The lowest BCUT2D eigenvalue weighted by atomic mass is 9.76. The van der Waals surface area contributed by atoms with E-state index in [2.05, 4.69) is 35.7 Å². The molecule has 0 radical (unpaired) electrons. The topological polar surface area (TPSA) is 122 Å². The summed E-state index contributed by atoms with van der Waals surface area (Å²) < 4.78 is 51.3. The summed E-state index contributed by atoms with van der Waals surface area (Å²) in [6.07, 6.45) is 1.63. The summed E-state index contributed by atoms with van der Waals surface area (Å²) in [5.74, 6) is -0.251. The van der Waals surface area contributed by atoms with Crippen LogP contribution in [0.1, 0.15) is 83.7 Å². The fourth-order valence-corrected chi connectivity index (χ4v) is 6.17. The van der Waals surface area contributed by atoms with Gasteiger partial charge in [-0.3, -0.25) is 9.79 Å². The van der Waals surface area contributed by atoms with Crippen molar-refractivity contribution in [2.75, 3.05) is 19.8 Å². The first kappa shape index (κ1) is 37.3. The van der Waals surface area contributed by atoms with Crippen molar-refractivity contribution in [3.05, 3.63) is 71.3 Å². The van der Waals surface area contributed by atoms with E-state index in [0.717, 1.165) is 43.5 Å². The molecule has 0 aliphatic carbocycles. The van der Waals surface area contributed by atoms with Crippen LogP contribution in [0.15, 0.2) is 70.2 Å². The van der Waals surface area contributed by atoms with E-state index in [1.54, 1.807) is 43.1 Å². The monoisotopic (exact) mass is 684 g/mol. The zero-order chi connectivity index (χ0) is 36.3. The molecule has 1 aromatic rings. The highest BCUT2D eigenvalue weighted by Gasteiger charge is 2.46. The van der Waals surface area contributed by atoms with Crippen LogP contribution in [0.2, 0.25) is 0 Å². The van der Waals surface area contributed by atoms with Gasteiger partial charge >= 0.3 is 12.3 Å². The second-order valence-corrected chi connectivity index (χ2v) is 13.2. The molecule has 3 aliphatic heterocycles. The Morgan fingerprint density at radius 3 is 2.65 bits per heavy atom. The third-order valence-electron chi connectivity index (χ3n) is 9.16. The Bertz CT molecular complexity index is 1630. The number of rotatable bonds is 10. The number of halogens is 3. The molecule has 2 fully saturated rings. The Hall–Kier alpha value is -4.55. The molecule has 1 aromatic carbocycles. The van der Waals surface area contributed by atoms with Gasteiger partial charge in [-0.1, -0.05) is 33.4 Å². The predicted octanol–water partition coefficient (Wildman–Crippen LogP) is 7.17. The van der Waals surface area contributed by atoms with Gasteiger partial charge in [0.1, 0.15) is 24.0 Å². The number of aliphatic imine (C=N–C) groups is 2.